The molecule has 2 aromatic rings. The Kier molecular flexibility index (Phi) is 2.79. The number of nitrogens with one attached hydrogen (secondary N) is 1. The van der Waals surface area contributed by atoms with Gasteiger partial charge < -0.3 is 9.84 Å². The van der Waals surface area contributed by atoms with E-state index in [1.54, 1.807) is 11.3 Å². The van der Waals surface area contributed by atoms with E-state index in [1.807, 2.05) is 11.4 Å². The van der Waals surface area contributed by atoms with E-state index in [9.17, 15) is 0 Å². The summed E-state index contributed by atoms with van der Waals surface area (Å²) in [6.45, 7) is 1.97. The Morgan fingerprint density at radius 2 is 2.50 bits per heavy atom. The summed E-state index contributed by atoms with van der Waals surface area (Å²) >= 11 is 5.03. The highest BCUT2D eigenvalue weighted by Crippen LogP contribution is 2.29. The van der Waals surface area contributed by atoms with Gasteiger partial charge in [-0.15, -0.1) is 11.3 Å². The van der Waals surface area contributed by atoms with Crippen molar-refractivity contribution in [3.05, 3.63) is 21.8 Å². The number of hydrogen-bond acceptors (Lipinski definition) is 5. The molecule has 0 radical (unpaired) electrons. The lowest BCUT2D eigenvalue weighted by atomic mass is 10.1. The Balaban J connectivity index is 1.87. The molecule has 1 N–H and O–H groups in total. The molecule has 1 atom stereocenters. The zero-order chi connectivity index (χ0) is 11.0. The van der Waals surface area contributed by atoms with Crippen molar-refractivity contribution in [2.75, 3.05) is 13.1 Å². The van der Waals surface area contributed by atoms with Crippen LogP contribution < -0.4 is 5.32 Å². The molecule has 6 heteroatoms. The third-order valence-corrected chi connectivity index (χ3v) is 4.33. The minimum Gasteiger partial charge on any atom is -0.339 e. The van der Waals surface area contributed by atoms with Gasteiger partial charge in [0.25, 0.3) is 0 Å². The lowest BCUT2D eigenvalue weighted by Crippen LogP contribution is -2.08. The maximum absolute atomic E-state index is 5.30. The van der Waals surface area contributed by atoms with Crippen LogP contribution in [-0.4, -0.2) is 23.2 Å². The number of nitrogens with zero attached hydrogens (tertiary/aromatic N) is 2. The summed E-state index contributed by atoms with van der Waals surface area (Å²) < 4.78 is 6.36. The van der Waals surface area contributed by atoms with Crippen molar-refractivity contribution in [3.8, 4) is 10.7 Å². The first-order valence-corrected chi connectivity index (χ1v) is 6.79. The van der Waals surface area contributed by atoms with Crippen LogP contribution in [0, 0.1) is 0 Å². The molecule has 4 nitrogen and oxygen atoms in total. The van der Waals surface area contributed by atoms with Gasteiger partial charge in [-0.1, -0.05) is 5.16 Å². The van der Waals surface area contributed by atoms with E-state index in [1.165, 1.54) is 0 Å². The van der Waals surface area contributed by atoms with Crippen LogP contribution in [0.2, 0.25) is 0 Å². The summed E-state index contributed by atoms with van der Waals surface area (Å²) in [4.78, 5) is 5.48. The molecule has 0 saturated carbocycles. The maximum atomic E-state index is 5.30. The van der Waals surface area contributed by atoms with Crippen molar-refractivity contribution in [2.24, 2.45) is 0 Å². The molecule has 0 amide bonds. The molecular formula is C10H10BrN3OS. The fourth-order valence-electron chi connectivity index (χ4n) is 1.80. The van der Waals surface area contributed by atoms with Gasteiger partial charge >= 0.3 is 0 Å². The summed E-state index contributed by atoms with van der Waals surface area (Å²) in [5.41, 5.74) is 0. The molecule has 1 aliphatic heterocycles. The van der Waals surface area contributed by atoms with E-state index in [0.717, 1.165) is 34.8 Å². The zero-order valence-corrected chi connectivity index (χ0v) is 10.8. The van der Waals surface area contributed by atoms with Gasteiger partial charge in [-0.05, 0) is 35.0 Å². The van der Waals surface area contributed by atoms with Crippen molar-refractivity contribution in [3.63, 3.8) is 0 Å². The second kappa shape index (κ2) is 4.27. The van der Waals surface area contributed by atoms with Gasteiger partial charge in [0.1, 0.15) is 0 Å². The van der Waals surface area contributed by atoms with Gasteiger partial charge in [0.15, 0.2) is 0 Å². The molecule has 3 heterocycles. The Labute approximate surface area is 105 Å². The quantitative estimate of drug-likeness (QED) is 0.926. The third kappa shape index (κ3) is 1.92. The number of hydrogen-bond donors (Lipinski definition) is 1. The van der Waals surface area contributed by atoms with Gasteiger partial charge in [-0.2, -0.15) is 4.98 Å². The van der Waals surface area contributed by atoms with E-state index >= 15 is 0 Å². The van der Waals surface area contributed by atoms with Crippen molar-refractivity contribution < 1.29 is 4.52 Å². The van der Waals surface area contributed by atoms with Crippen LogP contribution in [0.5, 0.6) is 0 Å². The molecule has 3 rings (SSSR count). The SMILES string of the molecule is Brc1csc(-c2noc([C@@H]3CCNC3)n2)c1. The van der Waals surface area contributed by atoms with E-state index in [4.69, 9.17) is 4.52 Å². The Bertz CT molecular complexity index is 490. The minimum absolute atomic E-state index is 0.379. The van der Waals surface area contributed by atoms with E-state index in [0.29, 0.717) is 11.7 Å². The second-order valence-corrected chi connectivity index (χ2v) is 5.60. The largest absolute Gasteiger partial charge is 0.339 e. The van der Waals surface area contributed by atoms with Gasteiger partial charge in [0, 0.05) is 16.4 Å². The normalized spacial score (nSPS) is 20.4. The van der Waals surface area contributed by atoms with Crippen molar-refractivity contribution in [1.29, 1.82) is 0 Å². The fourth-order valence-corrected chi connectivity index (χ4v) is 3.15. The maximum Gasteiger partial charge on any atom is 0.231 e. The highest BCUT2D eigenvalue weighted by Gasteiger charge is 2.23. The topological polar surface area (TPSA) is 51.0 Å². The first kappa shape index (κ1) is 10.4. The molecule has 0 aromatic carbocycles. The predicted molar refractivity (Wildman–Crippen MR) is 65.5 cm³/mol. The molecule has 2 aromatic heterocycles. The summed E-state index contributed by atoms with van der Waals surface area (Å²) in [6.07, 6.45) is 1.08. The van der Waals surface area contributed by atoms with Gasteiger partial charge in [-0.3, -0.25) is 0 Å². The number of rotatable bonds is 2. The molecule has 84 valence electrons. The lowest BCUT2D eigenvalue weighted by Gasteiger charge is -1.98. The van der Waals surface area contributed by atoms with Crippen molar-refractivity contribution in [2.45, 2.75) is 12.3 Å². The molecule has 1 fully saturated rings. The molecule has 0 bridgehead atoms. The fraction of sp³-hybridized carbons (Fsp3) is 0.400. The Morgan fingerprint density at radius 3 is 3.19 bits per heavy atom. The van der Waals surface area contributed by atoms with Gasteiger partial charge in [0.05, 0.1) is 10.8 Å². The number of aromatic nitrogens is 2. The van der Waals surface area contributed by atoms with Crippen LogP contribution in [0.4, 0.5) is 0 Å². The summed E-state index contributed by atoms with van der Waals surface area (Å²) in [6, 6.07) is 2.01. The van der Waals surface area contributed by atoms with E-state index in [-0.39, 0.29) is 0 Å². The molecule has 16 heavy (non-hydrogen) atoms. The van der Waals surface area contributed by atoms with Crippen LogP contribution in [0.25, 0.3) is 10.7 Å². The van der Waals surface area contributed by atoms with Crippen LogP contribution in [0.1, 0.15) is 18.2 Å². The average Bonchev–Trinajstić information content (AvgIpc) is 2.97. The third-order valence-electron chi connectivity index (χ3n) is 2.64. The second-order valence-electron chi connectivity index (χ2n) is 3.78. The average molecular weight is 300 g/mol. The molecular weight excluding hydrogens is 290 g/mol. The molecule has 0 aliphatic carbocycles. The summed E-state index contributed by atoms with van der Waals surface area (Å²) in [7, 11) is 0. The van der Waals surface area contributed by atoms with Gasteiger partial charge in [0.2, 0.25) is 11.7 Å². The highest BCUT2D eigenvalue weighted by atomic mass is 79.9. The summed E-state index contributed by atoms with van der Waals surface area (Å²) in [5.74, 6) is 1.83. The summed E-state index contributed by atoms with van der Waals surface area (Å²) in [5, 5.41) is 9.33. The molecule has 1 aliphatic rings. The van der Waals surface area contributed by atoms with E-state index < -0.39 is 0 Å². The van der Waals surface area contributed by atoms with Crippen molar-refractivity contribution >= 4 is 27.3 Å². The molecule has 0 spiro atoms. The minimum atomic E-state index is 0.379. The Morgan fingerprint density at radius 1 is 1.56 bits per heavy atom. The smallest absolute Gasteiger partial charge is 0.231 e. The Hall–Kier alpha value is -0.720. The van der Waals surface area contributed by atoms with E-state index in [2.05, 4.69) is 31.4 Å². The number of halogens is 1. The van der Waals surface area contributed by atoms with Crippen molar-refractivity contribution in [1.82, 2.24) is 15.5 Å². The first-order valence-electron chi connectivity index (χ1n) is 5.11. The first-order chi connectivity index (χ1) is 7.83. The van der Waals surface area contributed by atoms with Gasteiger partial charge in [-0.25, -0.2) is 0 Å². The lowest BCUT2D eigenvalue weighted by molar-refractivity contribution is 0.359. The van der Waals surface area contributed by atoms with Crippen LogP contribution in [0.15, 0.2) is 20.4 Å². The highest BCUT2D eigenvalue weighted by molar-refractivity contribution is 9.10. The van der Waals surface area contributed by atoms with Crippen LogP contribution in [-0.2, 0) is 0 Å². The molecule has 0 unspecified atom stereocenters. The molecule has 1 saturated heterocycles. The van der Waals surface area contributed by atoms with Crippen LogP contribution >= 0.6 is 27.3 Å². The standard InChI is InChI=1S/C10H10BrN3OS/c11-7-3-8(16-5-7)9-13-10(15-14-9)6-1-2-12-4-6/h3,5-6,12H,1-2,4H2/t6-/m1/s1. The number of thiophene rings is 1. The zero-order valence-electron chi connectivity index (χ0n) is 8.44. The predicted octanol–water partition coefficient (Wildman–Crippen LogP) is 2.64. The monoisotopic (exact) mass is 299 g/mol. The van der Waals surface area contributed by atoms with Crippen LogP contribution in [0.3, 0.4) is 0 Å².